The van der Waals surface area contributed by atoms with Crippen molar-refractivity contribution in [1.29, 1.82) is 0 Å². The van der Waals surface area contributed by atoms with Gasteiger partial charge in [-0.2, -0.15) is 11.8 Å². The van der Waals surface area contributed by atoms with E-state index in [0.29, 0.717) is 12.6 Å². The molecule has 0 aromatic carbocycles. The first-order chi connectivity index (χ1) is 8.13. The molecule has 0 aromatic heterocycles. The van der Waals surface area contributed by atoms with Gasteiger partial charge in [-0.15, -0.1) is 0 Å². The second-order valence-corrected chi connectivity index (χ2v) is 5.30. The topological polar surface area (TPSA) is 70.2 Å². The molecule has 5 nitrogen and oxygen atoms in total. The van der Waals surface area contributed by atoms with Crippen molar-refractivity contribution >= 4 is 23.7 Å². The number of hydrogen-bond donors (Lipinski definition) is 3. The highest BCUT2D eigenvalue weighted by molar-refractivity contribution is 7.99. The minimum atomic E-state index is -0.427. The van der Waals surface area contributed by atoms with Crippen molar-refractivity contribution in [3.05, 3.63) is 0 Å². The van der Waals surface area contributed by atoms with Crippen molar-refractivity contribution in [2.75, 3.05) is 18.1 Å². The number of imide groups is 1. The Balaban J connectivity index is 2.28. The second kappa shape index (κ2) is 7.55. The van der Waals surface area contributed by atoms with Crippen LogP contribution in [0.25, 0.3) is 0 Å². The molecule has 1 fully saturated rings. The van der Waals surface area contributed by atoms with Crippen LogP contribution in [0.1, 0.15) is 26.7 Å². The molecule has 1 heterocycles. The van der Waals surface area contributed by atoms with Gasteiger partial charge in [0.2, 0.25) is 5.91 Å². The summed E-state index contributed by atoms with van der Waals surface area (Å²) in [5.41, 5.74) is 0. The van der Waals surface area contributed by atoms with Gasteiger partial charge in [-0.3, -0.25) is 10.1 Å². The summed E-state index contributed by atoms with van der Waals surface area (Å²) in [6, 6.07) is -0.380. The summed E-state index contributed by atoms with van der Waals surface area (Å²) in [6.45, 7) is 4.11. The molecule has 1 saturated heterocycles. The molecular formula is C11H21N3O2S. The van der Waals surface area contributed by atoms with Gasteiger partial charge in [0, 0.05) is 18.3 Å². The normalized spacial score (nSPS) is 21.6. The van der Waals surface area contributed by atoms with Crippen LogP contribution in [0.3, 0.4) is 0 Å². The Hall–Kier alpha value is -0.750. The smallest absolute Gasteiger partial charge is 0.321 e. The minimum Gasteiger partial charge on any atom is -0.338 e. The van der Waals surface area contributed by atoms with Gasteiger partial charge in [0.15, 0.2) is 0 Å². The molecule has 3 N–H and O–H groups in total. The summed E-state index contributed by atoms with van der Waals surface area (Å²) in [7, 11) is 0. The minimum absolute atomic E-state index is 0.272. The van der Waals surface area contributed by atoms with E-state index in [1.54, 1.807) is 6.92 Å². The molecule has 0 radical (unpaired) electrons. The Labute approximate surface area is 106 Å². The van der Waals surface area contributed by atoms with Gasteiger partial charge < -0.3 is 10.6 Å². The maximum absolute atomic E-state index is 11.7. The highest BCUT2D eigenvalue weighted by atomic mass is 32.2. The van der Waals surface area contributed by atoms with Crippen LogP contribution in [0.15, 0.2) is 0 Å². The molecule has 1 aliphatic heterocycles. The fourth-order valence-corrected chi connectivity index (χ4v) is 2.81. The standard InChI is InChI=1S/C11H21N3O2S/c1-3-12-11(16)14-10(15)8(2)13-9-5-4-6-17-7-9/h8-9,13H,3-7H2,1-2H3,(H2,12,14,15,16). The van der Waals surface area contributed by atoms with Crippen molar-refractivity contribution in [2.24, 2.45) is 0 Å². The van der Waals surface area contributed by atoms with Crippen LogP contribution in [-0.2, 0) is 4.79 Å². The average Bonchev–Trinajstić information content (AvgIpc) is 2.30. The van der Waals surface area contributed by atoms with E-state index in [9.17, 15) is 9.59 Å². The molecule has 6 heteroatoms. The highest BCUT2D eigenvalue weighted by Crippen LogP contribution is 2.17. The number of thioether (sulfide) groups is 1. The molecular weight excluding hydrogens is 238 g/mol. The third-order valence-electron chi connectivity index (χ3n) is 2.61. The zero-order valence-corrected chi connectivity index (χ0v) is 11.2. The van der Waals surface area contributed by atoms with Gasteiger partial charge in [-0.25, -0.2) is 4.79 Å². The van der Waals surface area contributed by atoms with Crippen LogP contribution < -0.4 is 16.0 Å². The summed E-state index contributed by atoms with van der Waals surface area (Å²) in [4.78, 5) is 22.8. The van der Waals surface area contributed by atoms with Crippen LogP contribution in [0, 0.1) is 0 Å². The number of urea groups is 1. The monoisotopic (exact) mass is 259 g/mol. The molecule has 1 aliphatic rings. The van der Waals surface area contributed by atoms with Gasteiger partial charge in [0.05, 0.1) is 6.04 Å². The van der Waals surface area contributed by atoms with Gasteiger partial charge in [0.1, 0.15) is 0 Å². The molecule has 3 amide bonds. The van der Waals surface area contributed by atoms with E-state index in [4.69, 9.17) is 0 Å². The number of hydrogen-bond acceptors (Lipinski definition) is 4. The van der Waals surface area contributed by atoms with E-state index in [1.165, 1.54) is 12.2 Å². The molecule has 0 aliphatic carbocycles. The zero-order valence-electron chi connectivity index (χ0n) is 10.4. The van der Waals surface area contributed by atoms with E-state index < -0.39 is 6.03 Å². The summed E-state index contributed by atoms with van der Waals surface area (Å²) in [6.07, 6.45) is 2.29. The second-order valence-electron chi connectivity index (χ2n) is 4.15. The molecule has 0 saturated carbocycles. The molecule has 0 spiro atoms. The van der Waals surface area contributed by atoms with Crippen LogP contribution >= 0.6 is 11.8 Å². The summed E-state index contributed by atoms with van der Waals surface area (Å²) in [5.74, 6) is 1.97. The molecule has 2 atom stereocenters. The number of carbonyl (C=O) groups is 2. The SMILES string of the molecule is CCNC(=O)NC(=O)C(C)NC1CCCSC1. The summed E-state index contributed by atoms with van der Waals surface area (Å²) >= 11 is 1.91. The lowest BCUT2D eigenvalue weighted by Crippen LogP contribution is -2.51. The Morgan fingerprint density at radius 3 is 2.82 bits per heavy atom. The van der Waals surface area contributed by atoms with Crippen molar-refractivity contribution in [2.45, 2.75) is 38.8 Å². The Kier molecular flexibility index (Phi) is 6.36. The lowest BCUT2D eigenvalue weighted by Gasteiger charge is -2.25. The number of amides is 3. The molecule has 0 bridgehead atoms. The first kappa shape index (κ1) is 14.3. The van der Waals surface area contributed by atoms with Gasteiger partial charge in [-0.05, 0) is 32.4 Å². The zero-order chi connectivity index (χ0) is 12.7. The van der Waals surface area contributed by atoms with Crippen LogP contribution in [0.4, 0.5) is 4.79 Å². The molecule has 98 valence electrons. The first-order valence-corrected chi connectivity index (χ1v) is 7.21. The number of nitrogens with one attached hydrogen (secondary N) is 3. The Bertz CT molecular complexity index is 267. The van der Waals surface area contributed by atoms with E-state index in [2.05, 4.69) is 16.0 Å². The lowest BCUT2D eigenvalue weighted by atomic mass is 10.1. The third kappa shape index (κ3) is 5.41. The van der Waals surface area contributed by atoms with Crippen LogP contribution in [-0.4, -0.2) is 42.1 Å². The molecule has 17 heavy (non-hydrogen) atoms. The Morgan fingerprint density at radius 2 is 2.24 bits per heavy atom. The van der Waals surface area contributed by atoms with Crippen LogP contribution in [0.5, 0.6) is 0 Å². The maximum atomic E-state index is 11.7. The number of carbonyl (C=O) groups excluding carboxylic acids is 2. The fourth-order valence-electron chi connectivity index (χ4n) is 1.73. The summed E-state index contributed by atoms with van der Waals surface area (Å²) < 4.78 is 0. The van der Waals surface area contributed by atoms with Crippen molar-refractivity contribution in [1.82, 2.24) is 16.0 Å². The number of rotatable bonds is 4. The average molecular weight is 259 g/mol. The van der Waals surface area contributed by atoms with Crippen molar-refractivity contribution < 1.29 is 9.59 Å². The van der Waals surface area contributed by atoms with Crippen molar-refractivity contribution in [3.8, 4) is 0 Å². The third-order valence-corrected chi connectivity index (χ3v) is 3.83. The largest absolute Gasteiger partial charge is 0.338 e. The van der Waals surface area contributed by atoms with Gasteiger partial charge in [0.25, 0.3) is 0 Å². The van der Waals surface area contributed by atoms with Crippen molar-refractivity contribution in [3.63, 3.8) is 0 Å². The first-order valence-electron chi connectivity index (χ1n) is 6.06. The van der Waals surface area contributed by atoms with E-state index in [1.807, 2.05) is 18.7 Å². The lowest BCUT2D eigenvalue weighted by molar-refractivity contribution is -0.121. The molecule has 2 unspecified atom stereocenters. The quantitative estimate of drug-likeness (QED) is 0.695. The molecule has 0 aromatic rings. The van der Waals surface area contributed by atoms with Gasteiger partial charge >= 0.3 is 6.03 Å². The van der Waals surface area contributed by atoms with Gasteiger partial charge in [-0.1, -0.05) is 0 Å². The van der Waals surface area contributed by atoms with E-state index >= 15 is 0 Å². The van der Waals surface area contributed by atoms with E-state index in [-0.39, 0.29) is 11.9 Å². The highest BCUT2D eigenvalue weighted by Gasteiger charge is 2.20. The van der Waals surface area contributed by atoms with Crippen LogP contribution in [0.2, 0.25) is 0 Å². The molecule has 1 rings (SSSR count). The summed E-state index contributed by atoms with van der Waals surface area (Å²) in [5, 5.41) is 8.10. The Morgan fingerprint density at radius 1 is 1.47 bits per heavy atom. The van der Waals surface area contributed by atoms with E-state index in [0.717, 1.165) is 12.2 Å². The predicted octanol–water partition coefficient (Wildman–Crippen LogP) is 0.706. The maximum Gasteiger partial charge on any atom is 0.321 e. The fraction of sp³-hybridized carbons (Fsp3) is 0.818. The predicted molar refractivity (Wildman–Crippen MR) is 70.2 cm³/mol.